The number of carbonyl (C=O) groups excluding carboxylic acids is 2. The first-order chi connectivity index (χ1) is 16.0. The second kappa shape index (κ2) is 8.19. The Kier molecular flexibility index (Phi) is 5.28. The van der Waals surface area contributed by atoms with Gasteiger partial charge in [0.2, 0.25) is 11.8 Å². The second-order valence-corrected chi connectivity index (χ2v) is 11.1. The Labute approximate surface area is 201 Å². The average molecular weight is 481 g/mol. The fourth-order valence-corrected chi connectivity index (χ4v) is 6.78. The van der Waals surface area contributed by atoms with Crippen LogP contribution < -0.4 is 0 Å². The van der Waals surface area contributed by atoms with Gasteiger partial charge in [0.1, 0.15) is 0 Å². The monoisotopic (exact) mass is 480 g/mol. The van der Waals surface area contributed by atoms with Gasteiger partial charge in [0.05, 0.1) is 28.6 Å². The molecule has 3 fully saturated rings. The van der Waals surface area contributed by atoms with E-state index in [9.17, 15) is 9.59 Å². The highest BCUT2D eigenvalue weighted by atomic mass is 35.5. The first-order valence-electron chi connectivity index (χ1n) is 11.6. The van der Waals surface area contributed by atoms with Gasteiger partial charge >= 0.3 is 0 Å². The minimum absolute atomic E-state index is 0.0157. The van der Waals surface area contributed by atoms with E-state index in [0.29, 0.717) is 12.5 Å². The minimum atomic E-state index is -0.0682. The molecule has 0 N–H and O–H groups in total. The van der Waals surface area contributed by atoms with E-state index in [2.05, 4.69) is 24.0 Å². The van der Waals surface area contributed by atoms with E-state index in [1.54, 1.807) is 11.3 Å². The Morgan fingerprint density at radius 3 is 2.76 bits per heavy atom. The van der Waals surface area contributed by atoms with Crippen LogP contribution in [-0.4, -0.2) is 34.9 Å². The quantitative estimate of drug-likeness (QED) is 0.459. The number of thiophene rings is 1. The number of aromatic nitrogens is 1. The number of aryl methyl sites for hydroxylation is 1. The zero-order chi connectivity index (χ0) is 22.7. The van der Waals surface area contributed by atoms with E-state index >= 15 is 0 Å². The molecule has 1 aliphatic carbocycles. The average Bonchev–Trinajstić information content (AvgIpc) is 3.44. The maximum absolute atomic E-state index is 12.4. The summed E-state index contributed by atoms with van der Waals surface area (Å²) >= 11 is 8.13. The van der Waals surface area contributed by atoms with Crippen LogP contribution in [0.15, 0.2) is 30.5 Å². The van der Waals surface area contributed by atoms with Crippen molar-refractivity contribution in [3.63, 3.8) is 0 Å². The van der Waals surface area contributed by atoms with Crippen molar-refractivity contribution in [3.05, 3.63) is 51.5 Å². The van der Waals surface area contributed by atoms with Crippen LogP contribution in [0.3, 0.4) is 0 Å². The largest absolute Gasteiger partial charge is 0.381 e. The maximum Gasteiger partial charge on any atom is 0.233 e. The summed E-state index contributed by atoms with van der Waals surface area (Å²) in [6, 6.07) is 8.16. The van der Waals surface area contributed by atoms with Gasteiger partial charge in [-0.3, -0.25) is 19.5 Å². The van der Waals surface area contributed by atoms with Gasteiger partial charge in [0, 0.05) is 34.9 Å². The number of pyridine rings is 1. The summed E-state index contributed by atoms with van der Waals surface area (Å²) in [4.78, 5) is 31.9. The molecule has 0 radical (unpaired) electrons. The molecule has 3 atom stereocenters. The van der Waals surface area contributed by atoms with Gasteiger partial charge in [0.15, 0.2) is 0 Å². The zero-order valence-electron chi connectivity index (χ0n) is 18.5. The minimum Gasteiger partial charge on any atom is -0.381 e. The third-order valence-electron chi connectivity index (χ3n) is 7.21. The summed E-state index contributed by atoms with van der Waals surface area (Å²) in [5.74, 6) is 0.339. The number of carbonyl (C=O) groups is 2. The molecule has 5 nitrogen and oxygen atoms in total. The van der Waals surface area contributed by atoms with Gasteiger partial charge in [0.25, 0.3) is 0 Å². The molecule has 7 heteroatoms. The molecular weight excluding hydrogens is 456 g/mol. The highest BCUT2D eigenvalue weighted by Crippen LogP contribution is 2.48. The summed E-state index contributed by atoms with van der Waals surface area (Å²) in [7, 11) is 0. The molecule has 2 amide bonds. The van der Waals surface area contributed by atoms with Gasteiger partial charge in [-0.15, -0.1) is 11.3 Å². The number of hydrogen-bond acceptors (Lipinski definition) is 5. The highest BCUT2D eigenvalue weighted by Gasteiger charge is 2.58. The number of rotatable bonds is 5. The fraction of sp³-hybridized carbons (Fsp3) is 0.423. The van der Waals surface area contributed by atoms with Crippen LogP contribution in [0.1, 0.15) is 35.3 Å². The number of fused-ring (bicyclic) bond motifs is 2. The van der Waals surface area contributed by atoms with Crippen LogP contribution in [0.4, 0.5) is 0 Å². The van der Waals surface area contributed by atoms with Crippen LogP contribution in [0.5, 0.6) is 0 Å². The molecule has 2 saturated heterocycles. The fourth-order valence-electron chi connectivity index (χ4n) is 5.38. The summed E-state index contributed by atoms with van der Waals surface area (Å²) < 4.78 is 6.80. The molecule has 6 rings (SSSR count). The normalized spacial score (nSPS) is 24.5. The van der Waals surface area contributed by atoms with Crippen molar-refractivity contribution in [1.29, 1.82) is 0 Å². The molecule has 33 heavy (non-hydrogen) atoms. The number of piperidine rings is 1. The summed E-state index contributed by atoms with van der Waals surface area (Å²) in [5.41, 5.74) is 5.64. The Hall–Kier alpha value is -2.28. The van der Waals surface area contributed by atoms with Crippen LogP contribution in [-0.2, 0) is 27.3 Å². The van der Waals surface area contributed by atoms with E-state index in [1.165, 1.54) is 22.4 Å². The number of hydrogen-bond donors (Lipinski definition) is 0. The van der Waals surface area contributed by atoms with Crippen LogP contribution in [0.25, 0.3) is 21.3 Å². The Morgan fingerprint density at radius 2 is 2.00 bits per heavy atom. The molecule has 3 unspecified atom stereocenters. The van der Waals surface area contributed by atoms with E-state index in [0.717, 1.165) is 63.7 Å². The van der Waals surface area contributed by atoms with Gasteiger partial charge in [-0.2, -0.15) is 0 Å². The molecule has 4 heterocycles. The van der Waals surface area contributed by atoms with Gasteiger partial charge in [-0.05, 0) is 79.5 Å². The number of likely N-dealkylation sites (tertiary alicyclic amines) is 1. The molecule has 3 aromatic rings. The van der Waals surface area contributed by atoms with Gasteiger partial charge < -0.3 is 4.74 Å². The third kappa shape index (κ3) is 3.78. The number of ether oxygens (including phenoxy) is 1. The SMILES string of the molecule is Cc1cc(Cl)cc(-c2ccnc3cc(CN4C(=O)C5CC5C4=O)sc23)c1CC1CCCOC1. The second-order valence-electron chi connectivity index (χ2n) is 9.53. The molecule has 2 aromatic heterocycles. The van der Waals surface area contributed by atoms with Gasteiger partial charge in [-0.25, -0.2) is 0 Å². The lowest BCUT2D eigenvalue weighted by molar-refractivity contribution is -0.141. The lowest BCUT2D eigenvalue weighted by Gasteiger charge is -2.24. The first kappa shape index (κ1) is 21.3. The maximum atomic E-state index is 12.4. The Balaban J connectivity index is 1.38. The van der Waals surface area contributed by atoms with Crippen LogP contribution in [0.2, 0.25) is 5.02 Å². The molecular formula is C26H25ClN2O3S. The summed E-state index contributed by atoms with van der Waals surface area (Å²) in [6.45, 7) is 4.13. The van der Waals surface area contributed by atoms with E-state index in [4.69, 9.17) is 16.3 Å². The van der Waals surface area contributed by atoms with Crippen molar-refractivity contribution < 1.29 is 14.3 Å². The Bertz CT molecular complexity index is 1260. The molecule has 1 aromatic carbocycles. The molecule has 0 bridgehead atoms. The standard InChI is InChI=1S/C26H25ClN2O3S/c1-14-7-16(27)9-20(19(14)8-15-3-2-6-32-13-15)18-4-5-28-23-10-17(33-24(18)23)12-29-25(30)21-11-22(21)26(29)31/h4-5,7,9-10,15,21-22H,2-3,6,8,11-13H2,1H3. The van der Waals surface area contributed by atoms with Crippen LogP contribution in [0, 0.1) is 24.7 Å². The summed E-state index contributed by atoms with van der Waals surface area (Å²) in [5, 5.41) is 0.723. The van der Waals surface area contributed by atoms with E-state index < -0.39 is 0 Å². The van der Waals surface area contributed by atoms with Crippen molar-refractivity contribution in [2.24, 2.45) is 17.8 Å². The smallest absolute Gasteiger partial charge is 0.233 e. The number of nitrogens with zero attached hydrogens (tertiary/aromatic N) is 2. The highest BCUT2D eigenvalue weighted by molar-refractivity contribution is 7.19. The number of imide groups is 1. The molecule has 1 saturated carbocycles. The molecule has 2 aliphatic heterocycles. The zero-order valence-corrected chi connectivity index (χ0v) is 20.0. The first-order valence-corrected chi connectivity index (χ1v) is 12.8. The predicted octanol–water partition coefficient (Wildman–Crippen LogP) is 5.40. The number of halogens is 1. The van der Waals surface area contributed by atoms with E-state index in [-0.39, 0.29) is 23.7 Å². The predicted molar refractivity (Wildman–Crippen MR) is 129 cm³/mol. The molecule has 0 spiro atoms. The van der Waals surface area contributed by atoms with Crippen LogP contribution >= 0.6 is 22.9 Å². The topological polar surface area (TPSA) is 59.5 Å². The van der Waals surface area contributed by atoms with Crippen molar-refractivity contribution >= 4 is 45.0 Å². The third-order valence-corrected chi connectivity index (χ3v) is 8.57. The van der Waals surface area contributed by atoms with Gasteiger partial charge in [-0.1, -0.05) is 11.6 Å². The van der Waals surface area contributed by atoms with Crippen molar-refractivity contribution in [3.8, 4) is 11.1 Å². The molecule has 170 valence electrons. The number of amides is 2. The summed E-state index contributed by atoms with van der Waals surface area (Å²) in [6.07, 6.45) is 5.81. The van der Waals surface area contributed by atoms with Crippen molar-refractivity contribution in [2.45, 2.75) is 39.2 Å². The van der Waals surface area contributed by atoms with Crippen molar-refractivity contribution in [1.82, 2.24) is 9.88 Å². The van der Waals surface area contributed by atoms with Crippen molar-refractivity contribution in [2.75, 3.05) is 13.2 Å². The lowest BCUT2D eigenvalue weighted by Crippen LogP contribution is -2.31. The number of benzene rings is 1. The molecule has 3 aliphatic rings. The van der Waals surface area contributed by atoms with E-state index in [1.807, 2.05) is 18.3 Å². The Morgan fingerprint density at radius 1 is 1.18 bits per heavy atom. The lowest BCUT2D eigenvalue weighted by atomic mass is 9.87.